The van der Waals surface area contributed by atoms with Crippen molar-refractivity contribution in [1.29, 1.82) is 0 Å². The van der Waals surface area contributed by atoms with Gasteiger partial charge in [-0.1, -0.05) is 19.1 Å². The smallest absolute Gasteiger partial charge is 0.228 e. The molecule has 4 aliphatic rings. The van der Waals surface area contributed by atoms with Gasteiger partial charge in [0.05, 0.1) is 6.61 Å². The summed E-state index contributed by atoms with van der Waals surface area (Å²) in [4.78, 5) is 0. The van der Waals surface area contributed by atoms with Crippen LogP contribution in [0.5, 0.6) is 5.75 Å². The third-order valence-electron chi connectivity index (χ3n) is 8.76. The third kappa shape index (κ3) is 3.13. The Morgan fingerprint density at radius 2 is 1.97 bits per heavy atom. The molecule has 164 valence electrons. The van der Waals surface area contributed by atoms with Crippen LogP contribution in [-0.4, -0.2) is 46.5 Å². The van der Waals surface area contributed by atoms with Gasteiger partial charge in [-0.2, -0.15) is 0 Å². The van der Waals surface area contributed by atoms with E-state index >= 15 is 0 Å². The van der Waals surface area contributed by atoms with E-state index in [0.717, 1.165) is 18.3 Å². The van der Waals surface area contributed by atoms with Gasteiger partial charge >= 0.3 is 0 Å². The summed E-state index contributed by atoms with van der Waals surface area (Å²) >= 11 is 0. The summed E-state index contributed by atoms with van der Waals surface area (Å²) in [6.45, 7) is 6.57. The molecule has 0 amide bonds. The minimum absolute atomic E-state index is 0.0521. The van der Waals surface area contributed by atoms with Gasteiger partial charge in [-0.3, -0.25) is 0 Å². The van der Waals surface area contributed by atoms with Gasteiger partial charge in [-0.15, -0.1) is 6.58 Å². The van der Waals surface area contributed by atoms with Crippen molar-refractivity contribution in [1.82, 2.24) is 0 Å². The van der Waals surface area contributed by atoms with E-state index in [-0.39, 0.29) is 6.61 Å². The van der Waals surface area contributed by atoms with E-state index in [2.05, 4.69) is 31.7 Å². The number of ether oxygens (including phenoxy) is 2. The van der Waals surface area contributed by atoms with Crippen molar-refractivity contribution in [2.75, 3.05) is 6.61 Å². The molecule has 5 heteroatoms. The monoisotopic (exact) mass is 414 g/mol. The maximum absolute atomic E-state index is 10.1. The highest BCUT2D eigenvalue weighted by atomic mass is 16.7. The second-order valence-electron chi connectivity index (χ2n) is 10.1. The van der Waals surface area contributed by atoms with Crippen LogP contribution in [0.25, 0.3) is 0 Å². The van der Waals surface area contributed by atoms with E-state index in [1.807, 2.05) is 6.07 Å². The summed E-state index contributed by atoms with van der Waals surface area (Å²) in [7, 11) is 0. The molecule has 7 unspecified atom stereocenters. The quantitative estimate of drug-likeness (QED) is 0.662. The Balaban J connectivity index is 1.34. The molecule has 1 aromatic rings. The van der Waals surface area contributed by atoms with Crippen molar-refractivity contribution in [2.45, 2.75) is 76.0 Å². The van der Waals surface area contributed by atoms with Crippen LogP contribution in [0.15, 0.2) is 30.9 Å². The molecule has 0 bridgehead atoms. The zero-order chi connectivity index (χ0) is 21.0. The minimum atomic E-state index is -1.27. The number of allylic oxidation sites excluding steroid dienone is 1. The summed E-state index contributed by atoms with van der Waals surface area (Å²) in [5.74, 6) is 3.48. The number of fused-ring (bicyclic) bond motifs is 5. The number of aryl methyl sites for hydroxylation is 1. The number of aliphatic hydroxyl groups is 3. The van der Waals surface area contributed by atoms with Crippen molar-refractivity contribution in [3.05, 3.63) is 42.0 Å². The molecule has 1 aromatic carbocycles. The first kappa shape index (κ1) is 20.5. The molecule has 0 aromatic heterocycles. The standard InChI is InChI=1S/C25H34O5/c1-3-15-5-9-20-19-7-4-14-12-16(30-24-23(28)22(27)21(26)13-29-24)6-8-17(14)18(19)10-11-25(15,20)2/h3,6,8,12,15,18-24,26-28H,1,4-5,7,9-11,13H2,2H3/t15-,18?,19?,20?,21?,22?,23?,24?,25+/m0/s1. The van der Waals surface area contributed by atoms with Crippen LogP contribution < -0.4 is 4.74 Å². The van der Waals surface area contributed by atoms with Crippen molar-refractivity contribution in [2.24, 2.45) is 23.2 Å². The van der Waals surface area contributed by atoms with Crippen LogP contribution >= 0.6 is 0 Å². The van der Waals surface area contributed by atoms with Gasteiger partial charge in [0.15, 0.2) is 0 Å². The van der Waals surface area contributed by atoms with Gasteiger partial charge in [0.2, 0.25) is 6.29 Å². The molecular formula is C25H34O5. The van der Waals surface area contributed by atoms with E-state index in [4.69, 9.17) is 9.47 Å². The lowest BCUT2D eigenvalue weighted by Crippen LogP contribution is -2.54. The maximum Gasteiger partial charge on any atom is 0.228 e. The van der Waals surface area contributed by atoms with Gasteiger partial charge < -0.3 is 24.8 Å². The largest absolute Gasteiger partial charge is 0.462 e. The third-order valence-corrected chi connectivity index (χ3v) is 8.76. The van der Waals surface area contributed by atoms with Crippen LogP contribution in [0.1, 0.15) is 56.1 Å². The first-order valence-electron chi connectivity index (χ1n) is 11.5. The molecule has 30 heavy (non-hydrogen) atoms. The summed E-state index contributed by atoms with van der Waals surface area (Å²) in [6.07, 6.45) is 5.02. The number of aliphatic hydroxyl groups excluding tert-OH is 3. The van der Waals surface area contributed by atoms with Crippen molar-refractivity contribution in [3.63, 3.8) is 0 Å². The molecule has 1 aliphatic heterocycles. The molecule has 1 heterocycles. The van der Waals surface area contributed by atoms with Gasteiger partial charge in [0, 0.05) is 0 Å². The van der Waals surface area contributed by atoms with E-state index in [0.29, 0.717) is 23.0 Å². The Labute approximate surface area is 178 Å². The molecule has 0 spiro atoms. The molecule has 5 rings (SSSR count). The second-order valence-corrected chi connectivity index (χ2v) is 10.1. The van der Waals surface area contributed by atoms with Gasteiger partial charge in [0.25, 0.3) is 0 Å². The zero-order valence-electron chi connectivity index (χ0n) is 17.7. The van der Waals surface area contributed by atoms with Crippen LogP contribution in [0.3, 0.4) is 0 Å². The summed E-state index contributed by atoms with van der Waals surface area (Å²) in [5, 5.41) is 29.6. The van der Waals surface area contributed by atoms with Crippen LogP contribution in [0.2, 0.25) is 0 Å². The average molecular weight is 415 g/mol. The highest BCUT2D eigenvalue weighted by molar-refractivity contribution is 5.41. The first-order chi connectivity index (χ1) is 14.4. The lowest BCUT2D eigenvalue weighted by atomic mass is 9.54. The van der Waals surface area contributed by atoms with Gasteiger partial charge in [0.1, 0.15) is 24.1 Å². The van der Waals surface area contributed by atoms with E-state index in [9.17, 15) is 15.3 Å². The number of rotatable bonds is 3. The Morgan fingerprint density at radius 1 is 1.13 bits per heavy atom. The maximum atomic E-state index is 10.1. The summed E-state index contributed by atoms with van der Waals surface area (Å²) in [5.41, 5.74) is 3.22. The molecule has 3 fully saturated rings. The number of hydrogen-bond acceptors (Lipinski definition) is 5. The Bertz CT molecular complexity index is 809. The normalized spacial score (nSPS) is 45.2. The molecule has 0 radical (unpaired) electrons. The Kier molecular flexibility index (Phi) is 5.21. The number of benzene rings is 1. The predicted molar refractivity (Wildman–Crippen MR) is 113 cm³/mol. The van der Waals surface area contributed by atoms with Gasteiger partial charge in [-0.25, -0.2) is 0 Å². The van der Waals surface area contributed by atoms with Gasteiger partial charge in [-0.05, 0) is 90.9 Å². The Hall–Kier alpha value is -1.40. The van der Waals surface area contributed by atoms with E-state index < -0.39 is 24.6 Å². The average Bonchev–Trinajstić information content (AvgIpc) is 3.10. The predicted octanol–water partition coefficient (Wildman–Crippen LogP) is 3.16. The lowest BCUT2D eigenvalue weighted by molar-refractivity contribution is -0.242. The fraction of sp³-hybridized carbons (Fsp3) is 0.680. The molecule has 5 nitrogen and oxygen atoms in total. The molecule has 3 aliphatic carbocycles. The van der Waals surface area contributed by atoms with Crippen molar-refractivity contribution in [3.8, 4) is 5.75 Å². The second kappa shape index (κ2) is 7.63. The van der Waals surface area contributed by atoms with Crippen LogP contribution in [0, 0.1) is 23.2 Å². The highest BCUT2D eigenvalue weighted by Gasteiger charge is 2.53. The fourth-order valence-electron chi connectivity index (χ4n) is 7.08. The first-order valence-corrected chi connectivity index (χ1v) is 11.5. The summed E-state index contributed by atoms with van der Waals surface area (Å²) in [6, 6.07) is 6.24. The highest BCUT2D eigenvalue weighted by Crippen LogP contribution is 2.63. The minimum Gasteiger partial charge on any atom is -0.462 e. The molecule has 3 N–H and O–H groups in total. The van der Waals surface area contributed by atoms with Crippen molar-refractivity contribution < 1.29 is 24.8 Å². The SMILES string of the molecule is C=C[C@H]1CCC2C3CCc4cc(OC5OCC(O)C(O)C5O)ccc4C3CC[C@@]21C. The van der Waals surface area contributed by atoms with Crippen molar-refractivity contribution >= 4 is 0 Å². The Morgan fingerprint density at radius 3 is 2.77 bits per heavy atom. The number of hydrogen-bond donors (Lipinski definition) is 3. The lowest BCUT2D eigenvalue weighted by Gasteiger charge is -2.50. The molecule has 1 saturated heterocycles. The summed E-state index contributed by atoms with van der Waals surface area (Å²) < 4.78 is 11.2. The molecular weight excluding hydrogens is 380 g/mol. The van der Waals surface area contributed by atoms with Crippen LogP contribution in [0.4, 0.5) is 0 Å². The van der Waals surface area contributed by atoms with E-state index in [1.165, 1.54) is 43.2 Å². The van der Waals surface area contributed by atoms with E-state index in [1.54, 1.807) is 0 Å². The fourth-order valence-corrected chi connectivity index (χ4v) is 7.08. The molecule has 2 saturated carbocycles. The topological polar surface area (TPSA) is 79.2 Å². The molecule has 9 atom stereocenters. The zero-order valence-corrected chi connectivity index (χ0v) is 17.7. The van der Waals surface area contributed by atoms with Crippen LogP contribution in [-0.2, 0) is 11.2 Å².